The van der Waals surface area contributed by atoms with Crippen molar-refractivity contribution < 1.29 is 8.42 Å². The van der Waals surface area contributed by atoms with Gasteiger partial charge in [-0.25, -0.2) is 13.6 Å². The highest BCUT2D eigenvalue weighted by atomic mass is 32.2. The quantitative estimate of drug-likeness (QED) is 0.606. The van der Waals surface area contributed by atoms with Crippen LogP contribution in [0.15, 0.2) is 34.2 Å². The van der Waals surface area contributed by atoms with Crippen LogP contribution in [0.3, 0.4) is 0 Å². The molecule has 0 saturated heterocycles. The number of hydrogen-bond donors (Lipinski definition) is 2. The zero-order valence-corrected chi connectivity index (χ0v) is 10.6. The molecule has 0 radical (unpaired) electrons. The maximum absolute atomic E-state index is 11.0. The van der Waals surface area contributed by atoms with E-state index in [2.05, 4.69) is 4.99 Å². The largest absolute Gasteiger partial charge is 0.387 e. The Labute approximate surface area is 102 Å². The molecule has 0 unspecified atom stereocenters. The third-order valence-corrected chi connectivity index (χ3v) is 3.15. The smallest absolute Gasteiger partial charge is 0.238 e. The summed E-state index contributed by atoms with van der Waals surface area (Å²) in [5, 5.41) is 4.99. The fourth-order valence-electron chi connectivity index (χ4n) is 1.31. The lowest BCUT2D eigenvalue weighted by molar-refractivity contribution is 0.598. The van der Waals surface area contributed by atoms with Crippen LogP contribution in [0.1, 0.15) is 25.3 Å². The van der Waals surface area contributed by atoms with Crippen LogP contribution >= 0.6 is 0 Å². The van der Waals surface area contributed by atoms with Crippen LogP contribution in [0.4, 0.5) is 0 Å². The Kier molecular flexibility index (Phi) is 4.65. The second-order valence-electron chi connectivity index (χ2n) is 3.75. The summed E-state index contributed by atoms with van der Waals surface area (Å²) in [4.78, 5) is 4.29. The van der Waals surface area contributed by atoms with Gasteiger partial charge in [0.1, 0.15) is 0 Å². The lowest BCUT2D eigenvalue weighted by Crippen LogP contribution is -2.12. The van der Waals surface area contributed by atoms with Gasteiger partial charge in [0.15, 0.2) is 0 Å². The summed E-state index contributed by atoms with van der Waals surface area (Å²) >= 11 is 0. The van der Waals surface area contributed by atoms with Gasteiger partial charge in [0.2, 0.25) is 10.0 Å². The molecule has 5 nitrogen and oxygen atoms in total. The zero-order valence-electron chi connectivity index (χ0n) is 9.76. The fraction of sp³-hybridized carbons (Fsp3) is 0.364. The van der Waals surface area contributed by atoms with Crippen molar-refractivity contribution in [3.8, 4) is 0 Å². The first-order valence-corrected chi connectivity index (χ1v) is 6.88. The van der Waals surface area contributed by atoms with Gasteiger partial charge in [-0.1, -0.05) is 19.1 Å². The number of rotatable bonds is 5. The van der Waals surface area contributed by atoms with Crippen molar-refractivity contribution in [2.75, 3.05) is 0 Å². The third-order valence-electron chi connectivity index (χ3n) is 2.22. The molecule has 0 bridgehead atoms. The molecule has 1 aromatic rings. The Hall–Kier alpha value is -1.40. The molecule has 0 fully saturated rings. The third kappa shape index (κ3) is 4.54. The fourth-order valence-corrected chi connectivity index (χ4v) is 1.83. The molecule has 0 aliphatic rings. The molecule has 17 heavy (non-hydrogen) atoms. The topological polar surface area (TPSA) is 98.5 Å². The van der Waals surface area contributed by atoms with Crippen molar-refractivity contribution in [2.24, 2.45) is 15.9 Å². The van der Waals surface area contributed by atoms with Gasteiger partial charge < -0.3 is 5.73 Å². The van der Waals surface area contributed by atoms with E-state index < -0.39 is 10.0 Å². The minimum atomic E-state index is -3.62. The lowest BCUT2D eigenvalue weighted by atomic mass is 10.2. The first-order chi connectivity index (χ1) is 7.93. The summed E-state index contributed by atoms with van der Waals surface area (Å²) < 4.78 is 22.1. The molecular weight excluding hydrogens is 238 g/mol. The van der Waals surface area contributed by atoms with Gasteiger partial charge in [-0.05, 0) is 24.1 Å². The Bertz CT molecular complexity index is 492. The van der Waals surface area contributed by atoms with Crippen LogP contribution in [0.2, 0.25) is 0 Å². The monoisotopic (exact) mass is 255 g/mol. The lowest BCUT2D eigenvalue weighted by Gasteiger charge is -2.01. The van der Waals surface area contributed by atoms with E-state index in [0.29, 0.717) is 12.4 Å². The van der Waals surface area contributed by atoms with E-state index in [1.165, 1.54) is 12.1 Å². The second kappa shape index (κ2) is 5.79. The zero-order chi connectivity index (χ0) is 12.9. The van der Waals surface area contributed by atoms with E-state index >= 15 is 0 Å². The van der Waals surface area contributed by atoms with Gasteiger partial charge in [-0.15, -0.1) is 0 Å². The van der Waals surface area contributed by atoms with Crippen molar-refractivity contribution in [3.05, 3.63) is 29.8 Å². The number of amidine groups is 1. The number of primary sulfonamides is 1. The molecule has 1 aromatic carbocycles. The highest BCUT2D eigenvalue weighted by Crippen LogP contribution is 2.09. The molecule has 0 heterocycles. The SMILES string of the molecule is CCCC(N)=NCc1ccc(S(N)(=O)=O)cc1. The van der Waals surface area contributed by atoms with E-state index in [-0.39, 0.29) is 4.90 Å². The van der Waals surface area contributed by atoms with Gasteiger partial charge in [-0.2, -0.15) is 0 Å². The van der Waals surface area contributed by atoms with Crippen LogP contribution in [0, 0.1) is 0 Å². The molecule has 94 valence electrons. The number of nitrogens with zero attached hydrogens (tertiary/aromatic N) is 1. The molecule has 0 amide bonds. The van der Waals surface area contributed by atoms with Crippen LogP contribution in [-0.2, 0) is 16.6 Å². The number of sulfonamides is 1. The van der Waals surface area contributed by atoms with Crippen molar-refractivity contribution in [1.82, 2.24) is 0 Å². The number of nitrogens with two attached hydrogens (primary N) is 2. The van der Waals surface area contributed by atoms with Crippen LogP contribution in [-0.4, -0.2) is 14.3 Å². The van der Waals surface area contributed by atoms with Crippen molar-refractivity contribution in [3.63, 3.8) is 0 Å². The molecule has 1 rings (SSSR count). The maximum atomic E-state index is 11.0. The first-order valence-electron chi connectivity index (χ1n) is 5.34. The predicted molar refractivity (Wildman–Crippen MR) is 68.0 cm³/mol. The van der Waals surface area contributed by atoms with E-state index in [0.717, 1.165) is 18.4 Å². The van der Waals surface area contributed by atoms with Crippen molar-refractivity contribution in [1.29, 1.82) is 0 Å². The molecule has 0 saturated carbocycles. The van der Waals surface area contributed by atoms with Gasteiger partial charge in [-0.3, -0.25) is 4.99 Å². The number of hydrogen-bond acceptors (Lipinski definition) is 3. The Morgan fingerprint density at radius 3 is 2.35 bits per heavy atom. The summed E-state index contributed by atoms with van der Waals surface area (Å²) in [6.45, 7) is 2.49. The molecule has 4 N–H and O–H groups in total. The van der Waals surface area contributed by atoms with Gasteiger partial charge in [0.25, 0.3) is 0 Å². The Morgan fingerprint density at radius 2 is 1.88 bits per heavy atom. The summed E-state index contributed by atoms with van der Waals surface area (Å²) in [6.07, 6.45) is 1.73. The Morgan fingerprint density at radius 1 is 1.29 bits per heavy atom. The summed E-state index contributed by atoms with van der Waals surface area (Å²) in [7, 11) is -3.62. The molecule has 0 aliphatic heterocycles. The number of benzene rings is 1. The molecule has 0 aromatic heterocycles. The highest BCUT2D eigenvalue weighted by molar-refractivity contribution is 7.89. The summed E-state index contributed by atoms with van der Waals surface area (Å²) in [6, 6.07) is 6.30. The molecular formula is C11H17N3O2S. The number of aliphatic imine (C=N–C) groups is 1. The van der Waals surface area contributed by atoms with Gasteiger partial charge in [0.05, 0.1) is 17.3 Å². The molecule has 0 aliphatic carbocycles. The summed E-state index contributed by atoms with van der Waals surface area (Å²) in [5.74, 6) is 0.614. The predicted octanol–water partition coefficient (Wildman–Crippen LogP) is 0.991. The summed E-state index contributed by atoms with van der Waals surface area (Å²) in [5.41, 5.74) is 6.56. The van der Waals surface area contributed by atoms with Gasteiger partial charge >= 0.3 is 0 Å². The van der Waals surface area contributed by atoms with Crippen LogP contribution < -0.4 is 10.9 Å². The molecule has 0 spiro atoms. The molecule has 0 atom stereocenters. The van der Waals surface area contributed by atoms with Crippen molar-refractivity contribution in [2.45, 2.75) is 31.2 Å². The van der Waals surface area contributed by atoms with Crippen LogP contribution in [0.5, 0.6) is 0 Å². The van der Waals surface area contributed by atoms with E-state index in [4.69, 9.17) is 10.9 Å². The van der Waals surface area contributed by atoms with E-state index in [1.807, 2.05) is 6.92 Å². The minimum Gasteiger partial charge on any atom is -0.387 e. The van der Waals surface area contributed by atoms with E-state index in [9.17, 15) is 8.42 Å². The Balaban J connectivity index is 2.73. The van der Waals surface area contributed by atoms with Crippen LogP contribution in [0.25, 0.3) is 0 Å². The van der Waals surface area contributed by atoms with Crippen molar-refractivity contribution >= 4 is 15.9 Å². The first kappa shape index (κ1) is 13.7. The average molecular weight is 255 g/mol. The van der Waals surface area contributed by atoms with Gasteiger partial charge in [0, 0.05) is 6.42 Å². The normalized spacial score (nSPS) is 12.7. The second-order valence-corrected chi connectivity index (χ2v) is 5.31. The average Bonchev–Trinajstić information content (AvgIpc) is 2.26. The molecule has 6 heteroatoms. The maximum Gasteiger partial charge on any atom is 0.238 e. The minimum absolute atomic E-state index is 0.103. The standard InChI is InChI=1S/C11H17N3O2S/c1-2-3-11(12)14-8-9-4-6-10(7-5-9)17(13,15)16/h4-7H,2-3,8H2,1H3,(H2,12,14)(H2,13,15,16). The van der Waals surface area contributed by atoms with E-state index in [1.54, 1.807) is 12.1 Å². The highest BCUT2D eigenvalue weighted by Gasteiger charge is 2.06.